The molecule has 0 N–H and O–H groups in total. The van der Waals surface area contributed by atoms with E-state index in [9.17, 15) is 13.6 Å². The molecule has 4 rings (SSSR count). The lowest BCUT2D eigenvalue weighted by molar-refractivity contribution is 0.0302. The molecule has 0 aliphatic carbocycles. The molecule has 0 saturated carbocycles. The quantitative estimate of drug-likeness (QED) is 0.680. The van der Waals surface area contributed by atoms with Crippen LogP contribution < -0.4 is 0 Å². The predicted molar refractivity (Wildman–Crippen MR) is 103 cm³/mol. The van der Waals surface area contributed by atoms with Crippen molar-refractivity contribution < 1.29 is 18.3 Å². The lowest BCUT2D eigenvalue weighted by Crippen LogP contribution is -2.40. The van der Waals surface area contributed by atoms with Gasteiger partial charge in [-0.15, -0.1) is 0 Å². The number of rotatable bonds is 3. The van der Waals surface area contributed by atoms with E-state index in [2.05, 4.69) is 0 Å². The summed E-state index contributed by atoms with van der Waals surface area (Å²) < 4.78 is 35.1. The smallest absolute Gasteiger partial charge is 0.255 e. The van der Waals surface area contributed by atoms with Crippen LogP contribution in [0.3, 0.4) is 0 Å². The molecule has 1 aromatic heterocycles. The molecule has 0 spiro atoms. The van der Waals surface area contributed by atoms with E-state index < -0.39 is 11.6 Å². The minimum atomic E-state index is -0.679. The van der Waals surface area contributed by atoms with E-state index >= 15 is 0 Å². The first-order chi connectivity index (χ1) is 13.6. The van der Waals surface area contributed by atoms with E-state index in [-0.39, 0.29) is 11.6 Å². The molecule has 4 nitrogen and oxygen atoms in total. The summed E-state index contributed by atoms with van der Waals surface area (Å²) in [7, 11) is 0. The number of carbonyl (C=O) groups is 1. The molecule has 2 aromatic carbocycles. The minimum absolute atomic E-state index is 0.112. The lowest BCUT2D eigenvalue weighted by Gasteiger charge is -2.26. The predicted octanol–water partition coefficient (Wildman–Crippen LogP) is 4.20. The van der Waals surface area contributed by atoms with Gasteiger partial charge in [-0.2, -0.15) is 0 Å². The third kappa shape index (κ3) is 3.31. The molecule has 1 saturated heterocycles. The van der Waals surface area contributed by atoms with Crippen LogP contribution in [0.15, 0.2) is 54.6 Å². The molecule has 1 amide bonds. The topological polar surface area (TPSA) is 34.5 Å². The van der Waals surface area contributed by atoms with Crippen molar-refractivity contribution in [3.8, 4) is 16.9 Å². The second kappa shape index (κ2) is 7.56. The summed E-state index contributed by atoms with van der Waals surface area (Å²) >= 11 is 0. The van der Waals surface area contributed by atoms with Gasteiger partial charge in [-0.25, -0.2) is 8.78 Å². The van der Waals surface area contributed by atoms with Crippen molar-refractivity contribution in [3.63, 3.8) is 0 Å². The van der Waals surface area contributed by atoms with Gasteiger partial charge in [0.25, 0.3) is 5.91 Å². The number of ether oxygens (including phenoxy) is 1. The highest BCUT2D eigenvalue weighted by molar-refractivity contribution is 5.97. The Labute approximate surface area is 162 Å². The van der Waals surface area contributed by atoms with Gasteiger partial charge in [-0.05, 0) is 30.7 Å². The number of morpholine rings is 1. The van der Waals surface area contributed by atoms with E-state index in [4.69, 9.17) is 4.74 Å². The monoisotopic (exact) mass is 382 g/mol. The summed E-state index contributed by atoms with van der Waals surface area (Å²) in [6.07, 6.45) is 0. The number of aromatic nitrogens is 1. The maximum absolute atomic E-state index is 14.6. The van der Waals surface area contributed by atoms with Gasteiger partial charge in [-0.3, -0.25) is 4.79 Å². The molecular formula is C22H20F2N2O2. The van der Waals surface area contributed by atoms with Crippen molar-refractivity contribution in [2.24, 2.45) is 0 Å². The van der Waals surface area contributed by atoms with Crippen molar-refractivity contribution in [1.82, 2.24) is 9.47 Å². The highest BCUT2D eigenvalue weighted by Gasteiger charge is 2.25. The van der Waals surface area contributed by atoms with Crippen molar-refractivity contribution in [1.29, 1.82) is 0 Å². The fourth-order valence-corrected chi connectivity index (χ4v) is 3.55. The Morgan fingerprint density at radius 2 is 1.71 bits per heavy atom. The summed E-state index contributed by atoms with van der Waals surface area (Å²) in [6, 6.07) is 14.7. The normalized spacial score (nSPS) is 14.3. The van der Waals surface area contributed by atoms with Gasteiger partial charge in [0.2, 0.25) is 0 Å². The number of nitrogens with zero attached hydrogens (tertiary/aromatic N) is 2. The third-order valence-electron chi connectivity index (χ3n) is 5.00. The maximum atomic E-state index is 14.6. The first kappa shape index (κ1) is 18.4. The Balaban J connectivity index is 1.88. The summed E-state index contributed by atoms with van der Waals surface area (Å²) in [5.74, 6) is -1.43. The summed E-state index contributed by atoms with van der Waals surface area (Å²) in [4.78, 5) is 14.8. The number of amides is 1. The summed E-state index contributed by atoms with van der Waals surface area (Å²) in [6.45, 7) is 3.83. The molecule has 1 fully saturated rings. The first-order valence-electron chi connectivity index (χ1n) is 9.16. The Bertz CT molecular complexity index is 1010. The molecule has 1 aliphatic rings. The van der Waals surface area contributed by atoms with Gasteiger partial charge in [-0.1, -0.05) is 30.3 Å². The largest absolute Gasteiger partial charge is 0.378 e. The van der Waals surface area contributed by atoms with Crippen LogP contribution in [0.5, 0.6) is 0 Å². The molecule has 0 unspecified atom stereocenters. The summed E-state index contributed by atoms with van der Waals surface area (Å²) in [5.41, 5.74) is 2.85. The van der Waals surface area contributed by atoms with E-state index in [1.807, 2.05) is 30.3 Å². The first-order valence-corrected chi connectivity index (χ1v) is 9.16. The zero-order valence-corrected chi connectivity index (χ0v) is 15.5. The van der Waals surface area contributed by atoms with Gasteiger partial charge in [0.15, 0.2) is 0 Å². The number of hydrogen-bond donors (Lipinski definition) is 0. The third-order valence-corrected chi connectivity index (χ3v) is 5.00. The molecule has 3 aromatic rings. The number of halogens is 2. The Morgan fingerprint density at radius 3 is 2.39 bits per heavy atom. The Hall–Kier alpha value is -2.99. The minimum Gasteiger partial charge on any atom is -0.378 e. The standard InChI is InChI=1S/C22H20F2N2O2/c1-15-18(22(27)25-9-11-28-12-10-25)14-21(16-5-3-2-4-6-16)26(15)20-8-7-17(23)13-19(20)24/h2-8,13-14H,9-12H2,1H3. The number of benzene rings is 2. The molecule has 28 heavy (non-hydrogen) atoms. The van der Waals surface area contributed by atoms with Crippen LogP contribution in [0.1, 0.15) is 16.1 Å². The van der Waals surface area contributed by atoms with Crippen LogP contribution >= 0.6 is 0 Å². The average molecular weight is 382 g/mol. The van der Waals surface area contributed by atoms with Crippen LogP contribution in [-0.2, 0) is 4.74 Å². The highest BCUT2D eigenvalue weighted by Crippen LogP contribution is 2.31. The van der Waals surface area contributed by atoms with Gasteiger partial charge in [0, 0.05) is 24.8 Å². The second-order valence-electron chi connectivity index (χ2n) is 6.73. The lowest BCUT2D eigenvalue weighted by atomic mass is 10.1. The van der Waals surface area contributed by atoms with Gasteiger partial charge in [0.1, 0.15) is 11.6 Å². The van der Waals surface area contributed by atoms with E-state index in [0.717, 1.165) is 11.6 Å². The second-order valence-corrected chi connectivity index (χ2v) is 6.73. The zero-order chi connectivity index (χ0) is 19.7. The summed E-state index contributed by atoms with van der Waals surface area (Å²) in [5, 5.41) is 0. The van der Waals surface area contributed by atoms with Crippen molar-refractivity contribution in [2.75, 3.05) is 26.3 Å². The Kier molecular flexibility index (Phi) is 4.96. The van der Waals surface area contributed by atoms with Crippen LogP contribution in [0.2, 0.25) is 0 Å². The molecular weight excluding hydrogens is 362 g/mol. The SMILES string of the molecule is Cc1c(C(=O)N2CCOCC2)cc(-c2ccccc2)n1-c1ccc(F)cc1F. The van der Waals surface area contributed by atoms with E-state index in [0.29, 0.717) is 43.3 Å². The maximum Gasteiger partial charge on any atom is 0.255 e. The molecule has 1 aliphatic heterocycles. The van der Waals surface area contributed by atoms with Crippen LogP contribution in [0.4, 0.5) is 8.78 Å². The number of hydrogen-bond acceptors (Lipinski definition) is 2. The highest BCUT2D eigenvalue weighted by atomic mass is 19.1. The van der Waals surface area contributed by atoms with Gasteiger partial charge < -0.3 is 14.2 Å². The fourth-order valence-electron chi connectivity index (χ4n) is 3.55. The van der Waals surface area contributed by atoms with Crippen molar-refractivity contribution >= 4 is 5.91 Å². The zero-order valence-electron chi connectivity index (χ0n) is 15.5. The molecule has 0 bridgehead atoms. The van der Waals surface area contributed by atoms with Crippen LogP contribution in [0, 0.1) is 18.6 Å². The van der Waals surface area contributed by atoms with Gasteiger partial charge >= 0.3 is 0 Å². The molecule has 0 radical (unpaired) electrons. The van der Waals surface area contributed by atoms with Crippen LogP contribution in [0.25, 0.3) is 16.9 Å². The molecule has 144 valence electrons. The molecule has 0 atom stereocenters. The molecule has 6 heteroatoms. The van der Waals surface area contributed by atoms with Crippen molar-refractivity contribution in [3.05, 3.63) is 77.5 Å². The van der Waals surface area contributed by atoms with E-state index in [1.165, 1.54) is 12.1 Å². The van der Waals surface area contributed by atoms with Crippen molar-refractivity contribution in [2.45, 2.75) is 6.92 Å². The van der Waals surface area contributed by atoms with E-state index in [1.54, 1.807) is 22.5 Å². The van der Waals surface area contributed by atoms with Gasteiger partial charge in [0.05, 0.1) is 30.2 Å². The average Bonchev–Trinajstić information content (AvgIpc) is 3.06. The fraction of sp³-hybridized carbons (Fsp3) is 0.227. The number of carbonyl (C=O) groups excluding carboxylic acids is 1. The molecule has 2 heterocycles. The van der Waals surface area contributed by atoms with Crippen LogP contribution in [-0.4, -0.2) is 41.7 Å². The Morgan fingerprint density at radius 1 is 1.00 bits per heavy atom.